The van der Waals surface area contributed by atoms with Gasteiger partial charge >= 0.3 is 11.9 Å². The van der Waals surface area contributed by atoms with Gasteiger partial charge in [0.25, 0.3) is 11.6 Å². The smallest absolute Gasteiger partial charge is 0.351 e. The standard InChI is InChI=1S/C20H17Cl2NO7/c1-28-18(24)20(19(25)29-2)15(12-8-9-13(21)14(22)10-12)16(23(26)27)17(30-20)11-6-4-3-5-7-11/h3-10,15-17H,1-2H3/t15-,16-,17-/m1/s1. The predicted molar refractivity (Wildman–Crippen MR) is 107 cm³/mol. The number of benzene rings is 2. The molecule has 2 aromatic rings. The van der Waals surface area contributed by atoms with Gasteiger partial charge in [-0.25, -0.2) is 9.59 Å². The number of methoxy groups -OCH3 is 2. The molecule has 10 heteroatoms. The molecule has 0 amide bonds. The number of nitrogens with zero attached hydrogens (tertiary/aromatic N) is 1. The van der Waals surface area contributed by atoms with Crippen LogP contribution in [0.15, 0.2) is 48.5 Å². The van der Waals surface area contributed by atoms with Crippen LogP contribution in [0.4, 0.5) is 0 Å². The maximum absolute atomic E-state index is 12.9. The molecule has 8 nitrogen and oxygen atoms in total. The molecule has 158 valence electrons. The van der Waals surface area contributed by atoms with E-state index in [0.717, 1.165) is 14.2 Å². The van der Waals surface area contributed by atoms with Gasteiger partial charge in [0.15, 0.2) is 6.10 Å². The summed E-state index contributed by atoms with van der Waals surface area (Å²) < 4.78 is 15.5. The van der Waals surface area contributed by atoms with Crippen LogP contribution < -0.4 is 0 Å². The summed E-state index contributed by atoms with van der Waals surface area (Å²) in [5, 5.41) is 12.5. The van der Waals surface area contributed by atoms with Gasteiger partial charge in [-0.2, -0.15) is 0 Å². The number of halogens is 2. The van der Waals surface area contributed by atoms with Gasteiger partial charge in [-0.3, -0.25) is 10.1 Å². The first-order valence-corrected chi connectivity index (χ1v) is 9.51. The Labute approximate surface area is 181 Å². The molecule has 3 rings (SSSR count). The van der Waals surface area contributed by atoms with Gasteiger partial charge in [0.1, 0.15) is 5.92 Å². The van der Waals surface area contributed by atoms with E-state index in [9.17, 15) is 19.7 Å². The van der Waals surface area contributed by atoms with E-state index >= 15 is 0 Å². The summed E-state index contributed by atoms with van der Waals surface area (Å²) in [6, 6.07) is 11.0. The van der Waals surface area contributed by atoms with Crippen LogP contribution in [0.3, 0.4) is 0 Å². The van der Waals surface area contributed by atoms with Gasteiger partial charge in [-0.05, 0) is 23.3 Å². The molecule has 0 saturated carbocycles. The van der Waals surface area contributed by atoms with Gasteiger partial charge in [-0.1, -0.05) is 59.6 Å². The van der Waals surface area contributed by atoms with Crippen LogP contribution in [0.2, 0.25) is 10.0 Å². The molecule has 0 radical (unpaired) electrons. The van der Waals surface area contributed by atoms with Crippen LogP contribution in [0, 0.1) is 10.1 Å². The Balaban J connectivity index is 2.31. The first-order valence-electron chi connectivity index (χ1n) is 8.76. The lowest BCUT2D eigenvalue weighted by Crippen LogP contribution is -2.53. The molecule has 3 atom stereocenters. The number of carbonyl (C=O) groups is 2. The van der Waals surface area contributed by atoms with E-state index in [-0.39, 0.29) is 15.6 Å². The van der Waals surface area contributed by atoms with Crippen LogP contribution in [0.5, 0.6) is 0 Å². The van der Waals surface area contributed by atoms with E-state index in [1.807, 2.05) is 0 Å². The number of hydrogen-bond donors (Lipinski definition) is 0. The zero-order valence-corrected chi connectivity index (χ0v) is 17.4. The summed E-state index contributed by atoms with van der Waals surface area (Å²) in [6.07, 6.45) is -1.24. The molecule has 1 heterocycles. The van der Waals surface area contributed by atoms with Crippen LogP contribution >= 0.6 is 23.2 Å². The third-order valence-corrected chi connectivity index (χ3v) is 5.79. The molecule has 0 N–H and O–H groups in total. The summed E-state index contributed by atoms with van der Waals surface area (Å²) in [6.45, 7) is 0. The van der Waals surface area contributed by atoms with E-state index in [1.165, 1.54) is 18.2 Å². The summed E-state index contributed by atoms with van der Waals surface area (Å²) in [7, 11) is 2.11. The molecule has 2 aromatic carbocycles. The van der Waals surface area contributed by atoms with Crippen molar-refractivity contribution in [2.24, 2.45) is 0 Å². The Morgan fingerprint density at radius 2 is 1.60 bits per heavy atom. The highest BCUT2D eigenvalue weighted by molar-refractivity contribution is 6.42. The van der Waals surface area contributed by atoms with Crippen molar-refractivity contribution in [3.05, 3.63) is 79.8 Å². The number of nitro groups is 1. The molecule has 1 aliphatic heterocycles. The van der Waals surface area contributed by atoms with Crippen molar-refractivity contribution in [3.8, 4) is 0 Å². The molecule has 0 bridgehead atoms. The third-order valence-electron chi connectivity index (χ3n) is 5.05. The van der Waals surface area contributed by atoms with Gasteiger partial charge in [0.2, 0.25) is 0 Å². The largest absolute Gasteiger partial charge is 0.466 e. The van der Waals surface area contributed by atoms with E-state index in [1.54, 1.807) is 30.3 Å². The normalized spacial score (nSPS) is 22.3. The average molecular weight is 454 g/mol. The first-order chi connectivity index (χ1) is 14.3. The highest BCUT2D eigenvalue weighted by atomic mass is 35.5. The van der Waals surface area contributed by atoms with Gasteiger partial charge in [0, 0.05) is 4.92 Å². The van der Waals surface area contributed by atoms with Crippen molar-refractivity contribution in [2.75, 3.05) is 14.2 Å². The molecule has 0 unspecified atom stereocenters. The van der Waals surface area contributed by atoms with Gasteiger partial charge in [0.05, 0.1) is 24.3 Å². The van der Waals surface area contributed by atoms with E-state index in [4.69, 9.17) is 37.4 Å². The summed E-state index contributed by atoms with van der Waals surface area (Å²) in [5.74, 6) is -3.63. The average Bonchev–Trinajstić information content (AvgIpc) is 3.12. The fourth-order valence-electron chi connectivity index (χ4n) is 3.77. The van der Waals surface area contributed by atoms with Crippen molar-refractivity contribution < 1.29 is 28.7 Å². The summed E-state index contributed by atoms with van der Waals surface area (Å²) in [5.41, 5.74) is -1.79. The monoisotopic (exact) mass is 453 g/mol. The van der Waals surface area contributed by atoms with Crippen molar-refractivity contribution in [1.29, 1.82) is 0 Å². The Kier molecular flexibility index (Phi) is 6.30. The molecular formula is C20H17Cl2NO7. The minimum Gasteiger partial charge on any atom is -0.466 e. The van der Waals surface area contributed by atoms with Crippen molar-refractivity contribution in [3.63, 3.8) is 0 Å². The molecule has 30 heavy (non-hydrogen) atoms. The number of carbonyl (C=O) groups excluding carboxylic acids is 2. The minimum atomic E-state index is -2.42. The number of hydrogen-bond acceptors (Lipinski definition) is 7. The Hall–Kier alpha value is -2.68. The zero-order chi connectivity index (χ0) is 22.1. The van der Waals surface area contributed by atoms with Crippen LogP contribution in [0.1, 0.15) is 23.1 Å². The Morgan fingerprint density at radius 1 is 1.00 bits per heavy atom. The fourth-order valence-corrected chi connectivity index (χ4v) is 4.08. The Morgan fingerprint density at radius 3 is 2.10 bits per heavy atom. The lowest BCUT2D eigenvalue weighted by Gasteiger charge is -2.28. The van der Waals surface area contributed by atoms with E-state index in [2.05, 4.69) is 0 Å². The van der Waals surface area contributed by atoms with Crippen molar-refractivity contribution in [2.45, 2.75) is 23.7 Å². The van der Waals surface area contributed by atoms with Crippen LogP contribution in [-0.4, -0.2) is 42.7 Å². The zero-order valence-electron chi connectivity index (χ0n) is 15.9. The second-order valence-corrected chi connectivity index (χ2v) is 7.41. The molecule has 0 aliphatic carbocycles. The molecular weight excluding hydrogens is 437 g/mol. The quantitative estimate of drug-likeness (QED) is 0.294. The van der Waals surface area contributed by atoms with Gasteiger partial charge in [-0.15, -0.1) is 0 Å². The highest BCUT2D eigenvalue weighted by Crippen LogP contribution is 2.52. The van der Waals surface area contributed by atoms with E-state index < -0.39 is 40.5 Å². The topological polar surface area (TPSA) is 105 Å². The minimum absolute atomic E-state index is 0.100. The van der Waals surface area contributed by atoms with Crippen molar-refractivity contribution in [1.82, 2.24) is 0 Å². The van der Waals surface area contributed by atoms with Crippen LogP contribution in [0.25, 0.3) is 0 Å². The van der Waals surface area contributed by atoms with E-state index in [0.29, 0.717) is 5.56 Å². The molecule has 0 spiro atoms. The predicted octanol–water partition coefficient (Wildman–Crippen LogP) is 3.58. The van der Waals surface area contributed by atoms with Crippen molar-refractivity contribution >= 4 is 35.1 Å². The number of esters is 2. The molecule has 1 saturated heterocycles. The third kappa shape index (κ3) is 3.51. The fraction of sp³-hybridized carbons (Fsp3) is 0.300. The summed E-state index contributed by atoms with van der Waals surface area (Å²) in [4.78, 5) is 37.4. The SMILES string of the molecule is COC(=O)C1(C(=O)OC)O[C@H](c2ccccc2)[C@H]([N+](=O)[O-])[C@H]1c1ccc(Cl)c(Cl)c1. The Bertz CT molecular complexity index is 966. The van der Waals surface area contributed by atoms with Crippen LogP contribution in [-0.2, 0) is 23.8 Å². The maximum atomic E-state index is 12.9. The maximum Gasteiger partial charge on any atom is 0.351 e. The number of rotatable bonds is 5. The second-order valence-electron chi connectivity index (χ2n) is 6.60. The molecule has 0 aromatic heterocycles. The highest BCUT2D eigenvalue weighted by Gasteiger charge is 2.71. The number of ether oxygens (including phenoxy) is 3. The lowest BCUT2D eigenvalue weighted by molar-refractivity contribution is -0.531. The molecule has 1 fully saturated rings. The summed E-state index contributed by atoms with van der Waals surface area (Å²) >= 11 is 12.1. The first kappa shape index (κ1) is 22.0. The second kappa shape index (κ2) is 8.59. The van der Waals surface area contributed by atoms with Gasteiger partial charge < -0.3 is 14.2 Å². The lowest BCUT2D eigenvalue weighted by atomic mass is 9.77. The molecule has 1 aliphatic rings.